The molecule has 16 heavy (non-hydrogen) atoms. The zero-order chi connectivity index (χ0) is 12.4. The third-order valence-electron chi connectivity index (χ3n) is 1.77. The molecule has 0 saturated carbocycles. The first-order valence-corrected chi connectivity index (χ1v) is 5.49. The van der Waals surface area contributed by atoms with Crippen LogP contribution in [0.25, 0.3) is 0 Å². The van der Waals surface area contributed by atoms with E-state index in [4.69, 9.17) is 0 Å². The van der Waals surface area contributed by atoms with Crippen molar-refractivity contribution >= 4 is 0 Å². The van der Waals surface area contributed by atoms with Crippen molar-refractivity contribution in [3.63, 3.8) is 0 Å². The number of hydrogen-bond acceptors (Lipinski definition) is 0. The Hall–Kier alpha value is 0.202. The Labute approximate surface area is 124 Å². The van der Waals surface area contributed by atoms with Gasteiger partial charge in [0.25, 0.3) is 0 Å². The van der Waals surface area contributed by atoms with Crippen LogP contribution in [0.5, 0.6) is 0 Å². The average molecular weight is 448 g/mol. The van der Waals surface area contributed by atoms with Gasteiger partial charge in [0.1, 0.15) is 0 Å². The predicted octanol–water partition coefficient (Wildman–Crippen LogP) is 4.92. The van der Waals surface area contributed by atoms with Crippen LogP contribution in [0.2, 0.25) is 0 Å². The van der Waals surface area contributed by atoms with Crippen molar-refractivity contribution in [1.82, 2.24) is 0 Å². The van der Waals surface area contributed by atoms with E-state index in [0.717, 1.165) is 5.56 Å². The van der Waals surface area contributed by atoms with Crippen LogP contribution in [-0.4, -0.2) is 0 Å². The molecule has 0 aliphatic carbocycles. The molecular formula is C14H23FU. The summed E-state index contributed by atoms with van der Waals surface area (Å²) in [6, 6.07) is 6.30. The van der Waals surface area contributed by atoms with Gasteiger partial charge in [0.05, 0.1) is 0 Å². The van der Waals surface area contributed by atoms with Gasteiger partial charge in [-0.2, -0.15) is 24.6 Å². The van der Waals surface area contributed by atoms with E-state index >= 15 is 0 Å². The first kappa shape index (κ1) is 21.5. The molecule has 0 atom stereocenters. The van der Waals surface area contributed by atoms with Crippen molar-refractivity contribution in [3.05, 3.63) is 42.1 Å². The standard InChI is InChI=1S/C10H12F.C2H6.C2H5.U/c1-7(2)9-5-4-8(3)10(11)6-9;2*1-2;/h5-7H,1-3H3;1-2H3;1H2,2H3;/q-1;;-1;+2. The van der Waals surface area contributed by atoms with Gasteiger partial charge in [-0.25, -0.2) is 0 Å². The number of rotatable bonds is 1. The molecule has 1 aromatic carbocycles. The van der Waals surface area contributed by atoms with Crippen LogP contribution in [0.1, 0.15) is 51.7 Å². The van der Waals surface area contributed by atoms with Crippen LogP contribution in [0, 0.1) is 56.8 Å². The molecule has 0 heterocycles. The maximum absolute atomic E-state index is 12.9. The second-order valence-corrected chi connectivity index (χ2v) is 3.06. The van der Waals surface area contributed by atoms with Crippen molar-refractivity contribution in [1.29, 1.82) is 0 Å². The van der Waals surface area contributed by atoms with E-state index in [2.05, 4.69) is 13.0 Å². The number of hydrogen-bond donors (Lipinski definition) is 0. The summed E-state index contributed by atoms with van der Waals surface area (Å²) in [4.78, 5) is 0. The van der Waals surface area contributed by atoms with Crippen molar-refractivity contribution in [2.45, 2.75) is 47.5 Å². The van der Waals surface area contributed by atoms with E-state index in [-0.39, 0.29) is 36.9 Å². The maximum Gasteiger partial charge on any atom is 2.00 e. The second-order valence-electron chi connectivity index (χ2n) is 3.06. The van der Waals surface area contributed by atoms with Crippen LogP contribution in [-0.2, 0) is 0 Å². The molecule has 2 heteroatoms. The summed E-state index contributed by atoms with van der Waals surface area (Å²) in [5.41, 5.74) is 1.60. The molecule has 0 spiro atoms. The van der Waals surface area contributed by atoms with E-state index in [9.17, 15) is 4.39 Å². The third-order valence-corrected chi connectivity index (χ3v) is 1.77. The Kier molecular flexibility index (Phi) is 17.8. The number of aryl methyl sites for hydroxylation is 1. The minimum absolute atomic E-state index is 0. The zero-order valence-electron chi connectivity index (χ0n) is 11.3. The third kappa shape index (κ3) is 8.37. The van der Waals surface area contributed by atoms with Crippen molar-refractivity contribution in [3.8, 4) is 0 Å². The summed E-state index contributed by atoms with van der Waals surface area (Å²) in [5, 5.41) is 0. The van der Waals surface area contributed by atoms with Gasteiger partial charge in [-0.15, -0.1) is 11.6 Å². The topological polar surface area (TPSA) is 0 Å². The summed E-state index contributed by atoms with van der Waals surface area (Å²) < 4.78 is 12.9. The molecule has 0 unspecified atom stereocenters. The molecule has 90 valence electrons. The quantitative estimate of drug-likeness (QED) is 0.535. The Bertz CT molecular complexity index is 257. The zero-order valence-corrected chi connectivity index (χ0v) is 15.5. The first-order chi connectivity index (χ1) is 7.11. The van der Waals surface area contributed by atoms with Crippen molar-refractivity contribution in [2.75, 3.05) is 0 Å². The molecule has 0 nitrogen and oxygen atoms in total. The van der Waals surface area contributed by atoms with Gasteiger partial charge in [0, 0.05) is 5.82 Å². The second kappa shape index (κ2) is 13.3. The van der Waals surface area contributed by atoms with Crippen LogP contribution in [0.3, 0.4) is 0 Å². The van der Waals surface area contributed by atoms with Crippen LogP contribution < -0.4 is 0 Å². The molecule has 0 saturated heterocycles. The summed E-state index contributed by atoms with van der Waals surface area (Å²) in [6.07, 6.45) is 0. The minimum Gasteiger partial charge on any atom is -0.346 e. The van der Waals surface area contributed by atoms with Crippen molar-refractivity contribution in [2.24, 2.45) is 0 Å². The normalized spacial score (nSPS) is 8.06. The summed E-state index contributed by atoms with van der Waals surface area (Å²) in [6.45, 7) is 14.8. The van der Waals surface area contributed by atoms with Crippen LogP contribution >= 0.6 is 0 Å². The Balaban J connectivity index is -0.000000305. The molecule has 0 aromatic heterocycles. The van der Waals surface area contributed by atoms with E-state index in [1.807, 2.05) is 33.8 Å². The van der Waals surface area contributed by atoms with E-state index in [1.165, 1.54) is 0 Å². The minimum atomic E-state index is -0.156. The van der Waals surface area contributed by atoms with Gasteiger partial charge in [-0.1, -0.05) is 40.5 Å². The maximum atomic E-state index is 12.9. The Morgan fingerprint density at radius 2 is 1.69 bits per heavy atom. The molecule has 0 aliphatic heterocycles. The molecule has 0 bridgehead atoms. The fourth-order valence-corrected chi connectivity index (χ4v) is 0.890. The largest absolute Gasteiger partial charge is 2.00 e. The van der Waals surface area contributed by atoms with Crippen LogP contribution in [0.15, 0.2) is 12.1 Å². The van der Waals surface area contributed by atoms with Gasteiger partial charge in [-0.3, -0.25) is 4.39 Å². The predicted molar refractivity (Wildman–Crippen MR) is 66.4 cm³/mol. The fourth-order valence-electron chi connectivity index (χ4n) is 0.890. The van der Waals surface area contributed by atoms with Gasteiger partial charge < -0.3 is 6.92 Å². The van der Waals surface area contributed by atoms with E-state index in [1.54, 1.807) is 19.9 Å². The molecule has 0 amide bonds. The summed E-state index contributed by atoms with van der Waals surface area (Å²) in [7, 11) is 0. The SMILES string of the molecule is CC.Cc1[c-]cc(C(C)C)cc1F.[CH2-]C.[U+2]. The van der Waals surface area contributed by atoms with Gasteiger partial charge in [0.2, 0.25) is 0 Å². The van der Waals surface area contributed by atoms with Gasteiger partial charge in [0.15, 0.2) is 0 Å². The monoisotopic (exact) mass is 448 g/mol. The average Bonchev–Trinajstić information content (AvgIpc) is 2.27. The van der Waals surface area contributed by atoms with Gasteiger partial charge in [-0.05, 0) is 0 Å². The number of halogens is 1. The molecule has 0 radical (unpaired) electrons. The van der Waals surface area contributed by atoms with Crippen molar-refractivity contribution < 1.29 is 35.5 Å². The fraction of sp³-hybridized carbons (Fsp3) is 0.500. The van der Waals surface area contributed by atoms with Crippen LogP contribution in [0.4, 0.5) is 4.39 Å². The molecule has 1 aromatic rings. The Morgan fingerprint density at radius 1 is 1.25 bits per heavy atom. The molecule has 0 fully saturated rings. The molecular weight excluding hydrogens is 425 g/mol. The van der Waals surface area contributed by atoms with Gasteiger partial charge >= 0.3 is 31.1 Å². The molecule has 1 rings (SSSR count). The molecule has 0 aliphatic rings. The van der Waals surface area contributed by atoms with E-state index < -0.39 is 0 Å². The first-order valence-electron chi connectivity index (χ1n) is 5.49. The molecule has 0 N–H and O–H groups in total. The van der Waals surface area contributed by atoms with E-state index in [0.29, 0.717) is 11.5 Å². The number of benzene rings is 1. The summed E-state index contributed by atoms with van der Waals surface area (Å²) >= 11 is 0. The smallest absolute Gasteiger partial charge is 0.346 e. The summed E-state index contributed by atoms with van der Waals surface area (Å²) in [5.74, 6) is 0.220. The Morgan fingerprint density at radius 3 is 2.00 bits per heavy atom.